The molecule has 0 aromatic carbocycles. The molecule has 3 heteroatoms. The molecular weight excluding hydrogens is 186 g/mol. The minimum atomic E-state index is 0.677. The number of fused-ring (bicyclic) bond motifs is 2. The Morgan fingerprint density at radius 2 is 2.40 bits per heavy atom. The van der Waals surface area contributed by atoms with Gasteiger partial charge in [0, 0.05) is 18.8 Å². The highest BCUT2D eigenvalue weighted by Gasteiger charge is 2.38. The van der Waals surface area contributed by atoms with Crippen molar-refractivity contribution >= 4 is 5.82 Å². The van der Waals surface area contributed by atoms with Crippen molar-refractivity contribution in [2.75, 3.05) is 11.4 Å². The van der Waals surface area contributed by atoms with Gasteiger partial charge in [-0.1, -0.05) is 0 Å². The van der Waals surface area contributed by atoms with Gasteiger partial charge in [0.2, 0.25) is 0 Å². The van der Waals surface area contributed by atoms with Crippen molar-refractivity contribution in [2.24, 2.45) is 5.92 Å². The smallest absolute Gasteiger partial charge is 0.130 e. The van der Waals surface area contributed by atoms with Crippen molar-refractivity contribution in [1.82, 2.24) is 4.98 Å². The van der Waals surface area contributed by atoms with Crippen LogP contribution in [0, 0.1) is 17.2 Å². The fraction of sp³-hybridized carbons (Fsp3) is 0.500. The van der Waals surface area contributed by atoms with Crippen molar-refractivity contribution < 1.29 is 0 Å². The third-order valence-corrected chi connectivity index (χ3v) is 3.58. The summed E-state index contributed by atoms with van der Waals surface area (Å²) in [6.07, 6.45) is 5.72. The first kappa shape index (κ1) is 8.72. The molecule has 15 heavy (non-hydrogen) atoms. The fourth-order valence-electron chi connectivity index (χ4n) is 2.85. The Hall–Kier alpha value is -1.56. The molecule has 76 valence electrons. The second-order valence-electron chi connectivity index (χ2n) is 4.50. The number of rotatable bonds is 1. The zero-order valence-corrected chi connectivity index (χ0v) is 8.56. The van der Waals surface area contributed by atoms with Crippen LogP contribution in [-0.2, 0) is 0 Å². The van der Waals surface area contributed by atoms with Gasteiger partial charge in [-0.15, -0.1) is 0 Å². The van der Waals surface area contributed by atoms with Crippen LogP contribution in [0.1, 0.15) is 24.8 Å². The predicted molar refractivity (Wildman–Crippen MR) is 57.4 cm³/mol. The summed E-state index contributed by atoms with van der Waals surface area (Å²) in [6.45, 7) is 1.13. The van der Waals surface area contributed by atoms with E-state index in [1.54, 1.807) is 12.3 Å². The average molecular weight is 199 g/mol. The molecule has 2 heterocycles. The molecule has 0 amide bonds. The molecule has 0 spiro atoms. The van der Waals surface area contributed by atoms with Crippen LogP contribution in [0.15, 0.2) is 18.3 Å². The molecule has 1 saturated carbocycles. The average Bonchev–Trinajstić information content (AvgIpc) is 2.91. The first-order chi connectivity index (χ1) is 7.36. The van der Waals surface area contributed by atoms with Crippen LogP contribution in [0.4, 0.5) is 5.82 Å². The van der Waals surface area contributed by atoms with E-state index in [2.05, 4.69) is 16.0 Å². The van der Waals surface area contributed by atoms with Crippen LogP contribution in [-0.4, -0.2) is 17.6 Å². The lowest BCUT2D eigenvalue weighted by atomic mass is 10.1. The third-order valence-electron chi connectivity index (χ3n) is 3.58. The monoisotopic (exact) mass is 199 g/mol. The van der Waals surface area contributed by atoms with Crippen LogP contribution < -0.4 is 4.90 Å². The summed E-state index contributed by atoms with van der Waals surface area (Å²) in [5.74, 6) is 1.85. The molecule has 3 rings (SSSR count). The maximum absolute atomic E-state index is 8.84. The van der Waals surface area contributed by atoms with E-state index in [-0.39, 0.29) is 0 Å². The van der Waals surface area contributed by atoms with Crippen LogP contribution >= 0.6 is 0 Å². The van der Waals surface area contributed by atoms with Gasteiger partial charge in [-0.25, -0.2) is 4.98 Å². The molecule has 1 saturated heterocycles. The van der Waals surface area contributed by atoms with Crippen molar-refractivity contribution in [3.05, 3.63) is 23.9 Å². The maximum Gasteiger partial charge on any atom is 0.130 e. The lowest BCUT2D eigenvalue weighted by molar-refractivity contribution is 0.550. The van der Waals surface area contributed by atoms with Crippen molar-refractivity contribution in [1.29, 1.82) is 5.26 Å². The van der Waals surface area contributed by atoms with Crippen molar-refractivity contribution in [3.8, 4) is 6.07 Å². The summed E-state index contributed by atoms with van der Waals surface area (Å²) in [6, 6.07) is 6.51. The Morgan fingerprint density at radius 3 is 3.07 bits per heavy atom. The number of piperidine rings is 1. The summed E-state index contributed by atoms with van der Waals surface area (Å²) in [5.41, 5.74) is 0.711. The van der Waals surface area contributed by atoms with Gasteiger partial charge in [-0.2, -0.15) is 5.26 Å². The van der Waals surface area contributed by atoms with Crippen molar-refractivity contribution in [3.63, 3.8) is 0 Å². The number of aromatic nitrogens is 1. The Bertz CT molecular complexity index is 421. The Balaban J connectivity index is 1.90. The largest absolute Gasteiger partial charge is 0.353 e. The van der Waals surface area contributed by atoms with E-state index in [0.29, 0.717) is 11.6 Å². The minimum Gasteiger partial charge on any atom is -0.353 e. The first-order valence-electron chi connectivity index (χ1n) is 5.49. The number of pyridine rings is 1. The molecule has 2 atom stereocenters. The van der Waals surface area contributed by atoms with Gasteiger partial charge in [-0.3, -0.25) is 0 Å². The first-order valence-corrected chi connectivity index (χ1v) is 5.49. The van der Waals surface area contributed by atoms with Gasteiger partial charge in [-0.05, 0) is 37.3 Å². The Kier molecular flexibility index (Phi) is 1.88. The van der Waals surface area contributed by atoms with Crippen LogP contribution in [0.3, 0.4) is 0 Å². The molecule has 1 aromatic heterocycles. The summed E-state index contributed by atoms with van der Waals surface area (Å²) >= 11 is 0. The van der Waals surface area contributed by atoms with Crippen molar-refractivity contribution in [2.45, 2.75) is 25.3 Å². The van der Waals surface area contributed by atoms with E-state index in [1.165, 1.54) is 19.3 Å². The number of hydrogen-bond donors (Lipinski definition) is 0. The SMILES string of the molecule is N#Cc1ccnc(N2CC3CCC2C3)c1. The number of anilines is 1. The molecule has 2 bridgehead atoms. The lowest BCUT2D eigenvalue weighted by Gasteiger charge is -2.27. The molecule has 2 fully saturated rings. The van der Waals surface area contributed by atoms with Gasteiger partial charge in [0.05, 0.1) is 11.6 Å². The van der Waals surface area contributed by atoms with E-state index in [0.717, 1.165) is 18.3 Å². The van der Waals surface area contributed by atoms with E-state index in [4.69, 9.17) is 5.26 Å². The normalized spacial score (nSPS) is 28.1. The molecule has 2 aliphatic rings. The van der Waals surface area contributed by atoms with Gasteiger partial charge in [0.15, 0.2) is 0 Å². The molecule has 1 aromatic rings. The number of nitriles is 1. The summed E-state index contributed by atoms with van der Waals surface area (Å²) < 4.78 is 0. The summed E-state index contributed by atoms with van der Waals surface area (Å²) in [7, 11) is 0. The van der Waals surface area contributed by atoms with Gasteiger partial charge in [0.1, 0.15) is 5.82 Å². The highest BCUT2D eigenvalue weighted by molar-refractivity contribution is 5.47. The standard InChI is InChI=1S/C12H13N3/c13-7-9-3-4-14-12(6-9)15-8-10-1-2-11(15)5-10/h3-4,6,10-11H,1-2,5,8H2. The molecule has 3 nitrogen and oxygen atoms in total. The molecular formula is C12H13N3. The summed E-state index contributed by atoms with van der Waals surface area (Å²) in [5, 5.41) is 8.84. The lowest BCUT2D eigenvalue weighted by Crippen LogP contribution is -2.32. The van der Waals surface area contributed by atoms with Gasteiger partial charge in [0.25, 0.3) is 0 Å². The molecule has 1 aliphatic carbocycles. The van der Waals surface area contributed by atoms with E-state index < -0.39 is 0 Å². The maximum atomic E-state index is 8.84. The van der Waals surface area contributed by atoms with E-state index in [1.807, 2.05) is 6.07 Å². The molecule has 1 aliphatic heterocycles. The summed E-state index contributed by atoms with van der Waals surface area (Å²) in [4.78, 5) is 6.73. The van der Waals surface area contributed by atoms with Gasteiger partial charge < -0.3 is 4.90 Å². The zero-order chi connectivity index (χ0) is 10.3. The minimum absolute atomic E-state index is 0.677. The molecule has 0 radical (unpaired) electrons. The topological polar surface area (TPSA) is 39.9 Å². The second-order valence-corrected chi connectivity index (χ2v) is 4.50. The van der Waals surface area contributed by atoms with Gasteiger partial charge >= 0.3 is 0 Å². The number of hydrogen-bond acceptors (Lipinski definition) is 3. The van der Waals surface area contributed by atoms with E-state index >= 15 is 0 Å². The Labute approximate surface area is 89.3 Å². The Morgan fingerprint density at radius 1 is 1.47 bits per heavy atom. The van der Waals surface area contributed by atoms with Crippen LogP contribution in [0.25, 0.3) is 0 Å². The molecule has 2 unspecified atom stereocenters. The zero-order valence-electron chi connectivity index (χ0n) is 8.56. The number of nitrogens with zero attached hydrogens (tertiary/aromatic N) is 3. The third kappa shape index (κ3) is 1.37. The quantitative estimate of drug-likeness (QED) is 0.694. The van der Waals surface area contributed by atoms with Crippen LogP contribution in [0.5, 0.6) is 0 Å². The highest BCUT2D eigenvalue weighted by atomic mass is 15.2. The van der Waals surface area contributed by atoms with Crippen LogP contribution in [0.2, 0.25) is 0 Å². The highest BCUT2D eigenvalue weighted by Crippen LogP contribution is 2.39. The molecule has 0 N–H and O–H groups in total. The van der Waals surface area contributed by atoms with E-state index in [9.17, 15) is 0 Å². The second kappa shape index (κ2) is 3.23. The fourth-order valence-corrected chi connectivity index (χ4v) is 2.85. The predicted octanol–water partition coefficient (Wildman–Crippen LogP) is 1.94.